The van der Waals surface area contributed by atoms with Crippen LogP contribution in [0.3, 0.4) is 0 Å². The van der Waals surface area contributed by atoms with Crippen LogP contribution in [0, 0.1) is 0 Å². The molecule has 2 heterocycles. The van der Waals surface area contributed by atoms with Crippen LogP contribution >= 0.6 is 11.8 Å². The summed E-state index contributed by atoms with van der Waals surface area (Å²) < 4.78 is 7.69. The zero-order valence-corrected chi connectivity index (χ0v) is 16.2. The summed E-state index contributed by atoms with van der Waals surface area (Å²) in [5.41, 5.74) is 1.01. The number of amides is 2. The van der Waals surface area contributed by atoms with Crippen molar-refractivity contribution in [2.45, 2.75) is 37.5 Å². The molecule has 3 rings (SSSR count). The number of aromatic nitrogens is 1. The Balaban J connectivity index is 1.79. The molecule has 26 heavy (non-hydrogen) atoms. The molecule has 1 aromatic heterocycles. The average Bonchev–Trinajstić information content (AvgIpc) is 2.96. The van der Waals surface area contributed by atoms with Crippen LogP contribution in [0.4, 0.5) is 0 Å². The number of morpholine rings is 1. The molecule has 1 saturated heterocycles. The maximum atomic E-state index is 12.8. The molecule has 140 valence electrons. The molecule has 0 saturated carbocycles. The Kier molecular flexibility index (Phi) is 5.88. The van der Waals surface area contributed by atoms with E-state index in [1.165, 1.54) is 11.8 Å². The van der Waals surface area contributed by atoms with Crippen molar-refractivity contribution in [2.75, 3.05) is 25.9 Å². The number of rotatable bonds is 5. The summed E-state index contributed by atoms with van der Waals surface area (Å²) in [5, 5.41) is 3.70. The Morgan fingerprint density at radius 1 is 1.23 bits per heavy atom. The molecular weight excluding hydrogens is 350 g/mol. The number of nitrogens with zero attached hydrogens (tertiary/aromatic N) is 2. The molecule has 1 aromatic carbocycles. The quantitative estimate of drug-likeness (QED) is 0.813. The molecule has 0 spiro atoms. The summed E-state index contributed by atoms with van der Waals surface area (Å²) in [6.07, 6.45) is 2.09. The molecular formula is C19H25N3O3S. The minimum Gasteiger partial charge on any atom is -0.372 e. The molecule has 7 heteroatoms. The van der Waals surface area contributed by atoms with Crippen LogP contribution in [0.25, 0.3) is 10.9 Å². The fraction of sp³-hybridized carbons (Fsp3) is 0.474. The van der Waals surface area contributed by atoms with Crippen LogP contribution in [0.2, 0.25) is 0 Å². The molecule has 2 aromatic rings. The van der Waals surface area contributed by atoms with Crippen molar-refractivity contribution in [1.82, 2.24) is 14.8 Å². The van der Waals surface area contributed by atoms with Gasteiger partial charge in [-0.25, -0.2) is 0 Å². The van der Waals surface area contributed by atoms with Crippen LogP contribution < -0.4 is 5.32 Å². The number of carbonyl (C=O) groups is 2. The van der Waals surface area contributed by atoms with Crippen LogP contribution in [-0.4, -0.2) is 59.4 Å². The Bertz CT molecular complexity index is 794. The molecule has 1 aliphatic rings. The molecule has 0 bridgehead atoms. The number of nitrogens with one attached hydrogen (secondary N) is 1. The molecule has 1 N–H and O–H groups in total. The number of carbonyl (C=O) groups excluding carboxylic acids is 2. The second-order valence-corrected chi connectivity index (χ2v) is 7.67. The van der Waals surface area contributed by atoms with Crippen LogP contribution in [0.15, 0.2) is 35.4 Å². The second-order valence-electron chi connectivity index (χ2n) is 6.66. The van der Waals surface area contributed by atoms with E-state index in [0.717, 1.165) is 15.8 Å². The van der Waals surface area contributed by atoms with E-state index in [2.05, 4.69) is 5.32 Å². The zero-order valence-electron chi connectivity index (χ0n) is 15.4. The summed E-state index contributed by atoms with van der Waals surface area (Å²) in [6, 6.07) is 7.98. The standard InChI is InChI=1S/C19H25N3O3S/c1-13-8-22(9-14(2)25-13)19(24)11-21-10-17(26-12-18(23)20-3)15-6-4-5-7-16(15)21/h4-7,10,13-14H,8-9,11-12H2,1-3H3,(H,20,23)/t13-,14+. The number of para-hydroxylation sites is 1. The fourth-order valence-corrected chi connectivity index (χ4v) is 4.26. The van der Waals surface area contributed by atoms with Crippen LogP contribution in [0.1, 0.15) is 13.8 Å². The highest BCUT2D eigenvalue weighted by Crippen LogP contribution is 2.30. The van der Waals surface area contributed by atoms with Gasteiger partial charge in [-0.05, 0) is 19.9 Å². The molecule has 0 aliphatic carbocycles. The van der Waals surface area contributed by atoms with Gasteiger partial charge in [0.25, 0.3) is 0 Å². The first-order valence-corrected chi connectivity index (χ1v) is 9.81. The number of benzene rings is 1. The topological polar surface area (TPSA) is 63.6 Å². The summed E-state index contributed by atoms with van der Waals surface area (Å²) in [7, 11) is 1.63. The van der Waals surface area contributed by atoms with Gasteiger partial charge in [0.15, 0.2) is 0 Å². The lowest BCUT2D eigenvalue weighted by Crippen LogP contribution is -2.49. The van der Waals surface area contributed by atoms with Gasteiger partial charge in [-0.2, -0.15) is 0 Å². The van der Waals surface area contributed by atoms with Gasteiger partial charge in [-0.15, -0.1) is 11.8 Å². The maximum Gasteiger partial charge on any atom is 0.242 e. The Hall–Kier alpha value is -1.99. The van der Waals surface area contributed by atoms with Crippen LogP contribution in [-0.2, 0) is 20.9 Å². The SMILES string of the molecule is CNC(=O)CSc1cn(CC(=O)N2C[C@@H](C)O[C@@H](C)C2)c2ccccc12. The van der Waals surface area contributed by atoms with Gasteiger partial charge in [0, 0.05) is 42.1 Å². The molecule has 0 radical (unpaired) electrons. The number of ether oxygens (including phenoxy) is 1. The van der Waals surface area contributed by atoms with Gasteiger partial charge in [-0.3, -0.25) is 9.59 Å². The first-order chi connectivity index (χ1) is 12.5. The zero-order chi connectivity index (χ0) is 18.7. The summed E-state index contributed by atoms with van der Waals surface area (Å²) in [4.78, 5) is 27.3. The third kappa shape index (κ3) is 4.22. The van der Waals surface area contributed by atoms with E-state index in [4.69, 9.17) is 4.74 Å². The Labute approximate surface area is 157 Å². The molecule has 0 unspecified atom stereocenters. The van der Waals surface area contributed by atoms with E-state index in [9.17, 15) is 9.59 Å². The van der Waals surface area contributed by atoms with Gasteiger partial charge in [0.05, 0.1) is 18.0 Å². The monoisotopic (exact) mass is 375 g/mol. The van der Waals surface area contributed by atoms with Gasteiger partial charge < -0.3 is 19.5 Å². The van der Waals surface area contributed by atoms with Crippen LogP contribution in [0.5, 0.6) is 0 Å². The molecule has 1 aliphatic heterocycles. The molecule has 6 nitrogen and oxygen atoms in total. The average molecular weight is 375 g/mol. The van der Waals surface area contributed by atoms with E-state index in [0.29, 0.717) is 25.4 Å². The van der Waals surface area contributed by atoms with Gasteiger partial charge >= 0.3 is 0 Å². The second kappa shape index (κ2) is 8.14. The largest absolute Gasteiger partial charge is 0.372 e. The van der Waals surface area contributed by atoms with Crippen molar-refractivity contribution >= 4 is 34.5 Å². The van der Waals surface area contributed by atoms with E-state index < -0.39 is 0 Å². The maximum absolute atomic E-state index is 12.8. The van der Waals surface area contributed by atoms with Crippen molar-refractivity contribution in [1.29, 1.82) is 0 Å². The molecule has 2 amide bonds. The molecule has 1 fully saturated rings. The van der Waals surface area contributed by atoms with Crippen molar-refractivity contribution in [3.63, 3.8) is 0 Å². The number of thioether (sulfide) groups is 1. The predicted molar refractivity (Wildman–Crippen MR) is 103 cm³/mol. The first kappa shape index (κ1) is 18.8. The van der Waals surface area contributed by atoms with Crippen molar-refractivity contribution in [3.05, 3.63) is 30.5 Å². The van der Waals surface area contributed by atoms with Crippen molar-refractivity contribution in [3.8, 4) is 0 Å². The third-order valence-electron chi connectivity index (χ3n) is 4.47. The third-order valence-corrected chi connectivity index (χ3v) is 5.51. The molecule has 2 atom stereocenters. The fourth-order valence-electron chi connectivity index (χ4n) is 3.30. The number of hydrogen-bond donors (Lipinski definition) is 1. The highest BCUT2D eigenvalue weighted by molar-refractivity contribution is 8.00. The highest BCUT2D eigenvalue weighted by atomic mass is 32.2. The smallest absolute Gasteiger partial charge is 0.242 e. The van der Waals surface area contributed by atoms with Gasteiger partial charge in [0.2, 0.25) is 11.8 Å². The summed E-state index contributed by atoms with van der Waals surface area (Å²) in [6.45, 7) is 5.53. The Morgan fingerprint density at radius 3 is 2.62 bits per heavy atom. The summed E-state index contributed by atoms with van der Waals surface area (Å²) >= 11 is 1.49. The normalized spacial score (nSPS) is 20.3. The first-order valence-electron chi connectivity index (χ1n) is 8.82. The lowest BCUT2D eigenvalue weighted by molar-refractivity contribution is -0.143. The van der Waals surface area contributed by atoms with E-state index in [1.807, 2.05) is 53.8 Å². The number of hydrogen-bond acceptors (Lipinski definition) is 4. The van der Waals surface area contributed by atoms with Crippen molar-refractivity contribution in [2.24, 2.45) is 0 Å². The summed E-state index contributed by atoms with van der Waals surface area (Å²) in [5.74, 6) is 0.437. The Morgan fingerprint density at radius 2 is 1.92 bits per heavy atom. The van der Waals surface area contributed by atoms with Gasteiger partial charge in [0.1, 0.15) is 6.54 Å². The minimum absolute atomic E-state index is 0.0146. The minimum atomic E-state index is -0.0146. The highest BCUT2D eigenvalue weighted by Gasteiger charge is 2.26. The lowest BCUT2D eigenvalue weighted by Gasteiger charge is -2.35. The van der Waals surface area contributed by atoms with Crippen molar-refractivity contribution < 1.29 is 14.3 Å². The predicted octanol–water partition coefficient (Wildman–Crippen LogP) is 2.12. The van der Waals surface area contributed by atoms with E-state index >= 15 is 0 Å². The number of fused-ring (bicyclic) bond motifs is 1. The van der Waals surface area contributed by atoms with E-state index in [-0.39, 0.29) is 24.0 Å². The van der Waals surface area contributed by atoms with Gasteiger partial charge in [-0.1, -0.05) is 18.2 Å². The van der Waals surface area contributed by atoms with E-state index in [1.54, 1.807) is 7.05 Å². The lowest BCUT2D eigenvalue weighted by atomic mass is 10.2.